The minimum absolute atomic E-state index is 0.761. The number of nitrogens with zero attached hydrogens (tertiary/aromatic N) is 2. The number of aromatic nitrogens is 2. The van der Waals surface area contributed by atoms with E-state index in [-0.39, 0.29) is 0 Å². The lowest BCUT2D eigenvalue weighted by Crippen LogP contribution is -2.08. The fraction of sp³-hybridized carbons (Fsp3) is 0.357. The normalized spacial score (nSPS) is 10.7. The van der Waals surface area contributed by atoms with Crippen LogP contribution >= 0.6 is 0 Å². The molecule has 4 heteroatoms. The maximum Gasteiger partial charge on any atom is 0.121 e. The number of hydrogen-bond acceptors (Lipinski definition) is 3. The van der Waals surface area contributed by atoms with Gasteiger partial charge in [-0.25, -0.2) is 4.98 Å². The van der Waals surface area contributed by atoms with E-state index in [0.717, 1.165) is 29.3 Å². The zero-order chi connectivity index (χ0) is 13.1. The van der Waals surface area contributed by atoms with Gasteiger partial charge in [0.2, 0.25) is 0 Å². The van der Waals surface area contributed by atoms with Crippen LogP contribution in [0.15, 0.2) is 24.3 Å². The summed E-state index contributed by atoms with van der Waals surface area (Å²) in [5.41, 5.74) is 4.49. The maximum absolute atomic E-state index is 4.61. The first-order valence-corrected chi connectivity index (χ1v) is 6.09. The summed E-state index contributed by atoms with van der Waals surface area (Å²) >= 11 is 0. The Hall–Kier alpha value is -1.81. The lowest BCUT2D eigenvalue weighted by molar-refractivity contribution is 0.770. The fourth-order valence-electron chi connectivity index (χ4n) is 1.97. The number of anilines is 1. The van der Waals surface area contributed by atoms with Crippen molar-refractivity contribution in [2.75, 3.05) is 26.0 Å². The molecule has 0 spiro atoms. The molecule has 0 fully saturated rings. The molecule has 0 aliphatic rings. The highest BCUT2D eigenvalue weighted by Gasteiger charge is 2.08. The Bertz CT molecular complexity index is 511. The monoisotopic (exact) mass is 244 g/mol. The Balaban J connectivity index is 2.30. The van der Waals surface area contributed by atoms with Gasteiger partial charge in [-0.1, -0.05) is 12.1 Å². The van der Waals surface area contributed by atoms with Gasteiger partial charge >= 0.3 is 0 Å². The summed E-state index contributed by atoms with van der Waals surface area (Å²) in [4.78, 5) is 10.0. The Morgan fingerprint density at radius 3 is 2.44 bits per heavy atom. The van der Waals surface area contributed by atoms with E-state index in [9.17, 15) is 0 Å². The van der Waals surface area contributed by atoms with E-state index < -0.39 is 0 Å². The molecule has 0 aliphatic carbocycles. The number of aryl methyl sites for hydroxylation is 1. The lowest BCUT2D eigenvalue weighted by atomic mass is 10.1. The van der Waals surface area contributed by atoms with E-state index in [1.807, 2.05) is 21.1 Å². The number of hydrogen-bond donors (Lipinski definition) is 2. The van der Waals surface area contributed by atoms with Crippen LogP contribution in [0.3, 0.4) is 0 Å². The molecule has 0 saturated carbocycles. The summed E-state index contributed by atoms with van der Waals surface area (Å²) < 4.78 is 0. The van der Waals surface area contributed by atoms with Crippen LogP contribution < -0.4 is 10.2 Å². The van der Waals surface area contributed by atoms with Crippen molar-refractivity contribution in [2.45, 2.75) is 13.5 Å². The first kappa shape index (κ1) is 12.6. The first-order chi connectivity index (χ1) is 8.61. The van der Waals surface area contributed by atoms with Crippen LogP contribution in [0.5, 0.6) is 0 Å². The molecule has 96 valence electrons. The quantitative estimate of drug-likeness (QED) is 0.866. The summed E-state index contributed by atoms with van der Waals surface area (Å²) in [6, 6.07) is 8.45. The van der Waals surface area contributed by atoms with Crippen LogP contribution in [-0.4, -0.2) is 31.1 Å². The molecule has 2 aromatic rings. The molecule has 4 nitrogen and oxygen atoms in total. The van der Waals surface area contributed by atoms with E-state index in [1.54, 1.807) is 0 Å². The van der Waals surface area contributed by atoms with Gasteiger partial charge in [0.05, 0.1) is 12.2 Å². The summed E-state index contributed by atoms with van der Waals surface area (Å²) in [5.74, 6) is 0.974. The van der Waals surface area contributed by atoms with Gasteiger partial charge in [0.25, 0.3) is 0 Å². The molecular formula is C14H20N4. The predicted molar refractivity (Wildman–Crippen MR) is 75.9 cm³/mol. The molecule has 0 atom stereocenters. The standard InChI is InChI=1S/C14H20N4/c1-10-14(17-13(16-10)9-15-2)11-5-7-12(8-6-11)18(3)4/h5-8,15H,9H2,1-4H3,(H,16,17). The molecule has 18 heavy (non-hydrogen) atoms. The van der Waals surface area contributed by atoms with Crippen LogP contribution in [0.4, 0.5) is 5.69 Å². The topological polar surface area (TPSA) is 44.0 Å². The molecule has 1 heterocycles. The van der Waals surface area contributed by atoms with Crippen molar-refractivity contribution in [3.05, 3.63) is 35.8 Å². The van der Waals surface area contributed by atoms with Gasteiger partial charge in [-0.05, 0) is 26.1 Å². The summed E-state index contributed by atoms with van der Waals surface area (Å²) in [6.07, 6.45) is 0. The van der Waals surface area contributed by atoms with E-state index in [2.05, 4.69) is 51.4 Å². The summed E-state index contributed by atoms with van der Waals surface area (Å²) in [6.45, 7) is 2.82. The van der Waals surface area contributed by atoms with Crippen molar-refractivity contribution in [1.29, 1.82) is 0 Å². The van der Waals surface area contributed by atoms with Crippen molar-refractivity contribution in [3.63, 3.8) is 0 Å². The lowest BCUT2D eigenvalue weighted by Gasteiger charge is -2.12. The molecule has 2 rings (SSSR count). The molecular weight excluding hydrogens is 224 g/mol. The smallest absolute Gasteiger partial charge is 0.121 e. The van der Waals surface area contributed by atoms with Crippen molar-refractivity contribution < 1.29 is 0 Å². The average molecular weight is 244 g/mol. The van der Waals surface area contributed by atoms with Crippen molar-refractivity contribution in [2.24, 2.45) is 0 Å². The number of imidazole rings is 1. The second-order valence-electron chi connectivity index (χ2n) is 4.63. The molecule has 0 saturated heterocycles. The van der Waals surface area contributed by atoms with Crippen LogP contribution in [-0.2, 0) is 6.54 Å². The molecule has 1 aromatic carbocycles. The van der Waals surface area contributed by atoms with Gasteiger partial charge in [-0.3, -0.25) is 0 Å². The molecule has 0 aliphatic heterocycles. The summed E-state index contributed by atoms with van der Waals surface area (Å²) in [5, 5.41) is 3.10. The average Bonchev–Trinajstić information content (AvgIpc) is 2.71. The predicted octanol–water partition coefficient (Wildman–Crippen LogP) is 2.17. The van der Waals surface area contributed by atoms with E-state index in [1.165, 1.54) is 5.69 Å². The molecule has 2 N–H and O–H groups in total. The van der Waals surface area contributed by atoms with Gasteiger partial charge in [0, 0.05) is 31.0 Å². The Labute approximate surface area is 108 Å². The fourth-order valence-corrected chi connectivity index (χ4v) is 1.97. The Morgan fingerprint density at radius 2 is 1.89 bits per heavy atom. The van der Waals surface area contributed by atoms with E-state index in [4.69, 9.17) is 0 Å². The number of rotatable bonds is 4. The van der Waals surface area contributed by atoms with Gasteiger partial charge < -0.3 is 15.2 Å². The van der Waals surface area contributed by atoms with Crippen LogP contribution in [0.1, 0.15) is 11.5 Å². The zero-order valence-electron chi connectivity index (χ0n) is 11.4. The van der Waals surface area contributed by atoms with Crippen LogP contribution in [0.2, 0.25) is 0 Å². The number of H-pyrrole nitrogens is 1. The van der Waals surface area contributed by atoms with Gasteiger partial charge in [-0.2, -0.15) is 0 Å². The molecule has 0 bridgehead atoms. The highest BCUT2D eigenvalue weighted by atomic mass is 15.1. The Kier molecular flexibility index (Phi) is 3.67. The van der Waals surface area contributed by atoms with Crippen molar-refractivity contribution in [3.8, 4) is 11.3 Å². The van der Waals surface area contributed by atoms with Crippen molar-refractivity contribution in [1.82, 2.24) is 15.3 Å². The third kappa shape index (κ3) is 2.54. The minimum Gasteiger partial charge on any atom is -0.378 e. The molecule has 0 radical (unpaired) electrons. The maximum atomic E-state index is 4.61. The SMILES string of the molecule is CNCc1nc(-c2ccc(N(C)C)cc2)c(C)[nH]1. The van der Waals surface area contributed by atoms with Crippen LogP contribution in [0, 0.1) is 6.92 Å². The third-order valence-corrected chi connectivity index (χ3v) is 2.94. The van der Waals surface area contributed by atoms with Gasteiger partial charge in [0.15, 0.2) is 0 Å². The Morgan fingerprint density at radius 1 is 1.22 bits per heavy atom. The zero-order valence-corrected chi connectivity index (χ0v) is 11.4. The van der Waals surface area contributed by atoms with E-state index in [0.29, 0.717) is 0 Å². The molecule has 1 aromatic heterocycles. The number of aromatic amines is 1. The second kappa shape index (κ2) is 5.23. The number of benzene rings is 1. The highest BCUT2D eigenvalue weighted by molar-refractivity contribution is 5.65. The molecule has 0 unspecified atom stereocenters. The number of nitrogens with one attached hydrogen (secondary N) is 2. The van der Waals surface area contributed by atoms with Crippen molar-refractivity contribution >= 4 is 5.69 Å². The molecule has 0 amide bonds. The van der Waals surface area contributed by atoms with Crippen LogP contribution in [0.25, 0.3) is 11.3 Å². The van der Waals surface area contributed by atoms with Gasteiger partial charge in [0.1, 0.15) is 5.82 Å². The highest BCUT2D eigenvalue weighted by Crippen LogP contribution is 2.23. The second-order valence-corrected chi connectivity index (χ2v) is 4.63. The summed E-state index contributed by atoms with van der Waals surface area (Å²) in [7, 11) is 6.00. The van der Waals surface area contributed by atoms with Gasteiger partial charge in [-0.15, -0.1) is 0 Å². The minimum atomic E-state index is 0.761. The third-order valence-electron chi connectivity index (χ3n) is 2.94. The largest absolute Gasteiger partial charge is 0.378 e. The van der Waals surface area contributed by atoms with E-state index >= 15 is 0 Å². The first-order valence-electron chi connectivity index (χ1n) is 6.09.